The average molecular weight is 347 g/mol. The summed E-state index contributed by atoms with van der Waals surface area (Å²) in [4.78, 5) is 25.4. The molecule has 0 aliphatic carbocycles. The first-order valence-corrected chi connectivity index (χ1v) is 8.47. The van der Waals surface area contributed by atoms with Gasteiger partial charge in [-0.25, -0.2) is 9.97 Å². The van der Waals surface area contributed by atoms with Gasteiger partial charge in [0.25, 0.3) is 5.91 Å². The fraction of sp³-hybridized carbons (Fsp3) is 0.200. The second kappa shape index (κ2) is 8.20. The maximum Gasteiger partial charge on any atom is 0.270 e. The normalized spacial score (nSPS) is 11.6. The molecule has 1 aromatic carbocycles. The molecule has 0 saturated heterocycles. The van der Waals surface area contributed by atoms with E-state index in [0.717, 1.165) is 11.3 Å². The molecule has 1 atom stereocenters. The highest BCUT2D eigenvalue weighted by Gasteiger charge is 2.14. The number of aromatic nitrogens is 3. The van der Waals surface area contributed by atoms with Crippen LogP contribution < -0.4 is 10.6 Å². The summed E-state index contributed by atoms with van der Waals surface area (Å²) in [6.07, 6.45) is 1.74. The van der Waals surface area contributed by atoms with E-state index in [0.29, 0.717) is 23.9 Å². The van der Waals surface area contributed by atoms with E-state index in [1.165, 1.54) is 0 Å². The van der Waals surface area contributed by atoms with Crippen LogP contribution in [0.5, 0.6) is 0 Å². The lowest BCUT2D eigenvalue weighted by Crippen LogP contribution is -2.28. The molecule has 3 aromatic rings. The third-order valence-electron chi connectivity index (χ3n) is 3.89. The minimum absolute atomic E-state index is 0.108. The van der Waals surface area contributed by atoms with E-state index in [1.807, 2.05) is 55.5 Å². The van der Waals surface area contributed by atoms with Crippen LogP contribution in [0.15, 0.2) is 60.8 Å². The highest BCUT2D eigenvalue weighted by atomic mass is 16.1. The molecule has 0 saturated carbocycles. The van der Waals surface area contributed by atoms with Crippen LogP contribution in [0.2, 0.25) is 0 Å². The lowest BCUT2D eigenvalue weighted by Gasteiger charge is -2.14. The van der Waals surface area contributed by atoms with Crippen LogP contribution in [0.25, 0.3) is 0 Å². The van der Waals surface area contributed by atoms with Gasteiger partial charge in [0, 0.05) is 12.3 Å². The van der Waals surface area contributed by atoms with Crippen LogP contribution in [0.4, 0.5) is 5.82 Å². The van der Waals surface area contributed by atoms with Crippen molar-refractivity contribution >= 4 is 11.7 Å². The van der Waals surface area contributed by atoms with E-state index >= 15 is 0 Å². The second-order valence-electron chi connectivity index (χ2n) is 5.97. The van der Waals surface area contributed by atoms with Gasteiger partial charge in [-0.05, 0) is 31.5 Å². The van der Waals surface area contributed by atoms with Crippen molar-refractivity contribution in [3.63, 3.8) is 0 Å². The van der Waals surface area contributed by atoms with Crippen molar-refractivity contribution in [1.29, 1.82) is 0 Å². The first-order valence-electron chi connectivity index (χ1n) is 8.47. The van der Waals surface area contributed by atoms with Gasteiger partial charge in [0.05, 0.1) is 18.3 Å². The van der Waals surface area contributed by atoms with Crippen molar-refractivity contribution in [1.82, 2.24) is 20.3 Å². The standard InChI is InChI=1S/C20H21N5O/c1-14(16-8-4-3-5-9-16)23-20(26)18-12-19(25-15(2)24-18)22-13-17-10-6-7-11-21-17/h3-12,14H,13H2,1-2H3,(H,23,26)(H,22,24,25). The Bertz CT molecular complexity index is 868. The number of pyridine rings is 1. The molecule has 0 aliphatic rings. The lowest BCUT2D eigenvalue weighted by molar-refractivity contribution is 0.0934. The zero-order chi connectivity index (χ0) is 18.4. The minimum Gasteiger partial charge on any atom is -0.364 e. The third kappa shape index (κ3) is 4.63. The van der Waals surface area contributed by atoms with Gasteiger partial charge in [0.1, 0.15) is 17.3 Å². The number of carbonyl (C=O) groups is 1. The molecule has 0 radical (unpaired) electrons. The number of benzene rings is 1. The Morgan fingerprint density at radius 1 is 1.08 bits per heavy atom. The molecule has 3 rings (SSSR count). The van der Waals surface area contributed by atoms with Crippen molar-refractivity contribution in [2.75, 3.05) is 5.32 Å². The molecule has 2 aromatic heterocycles. The summed E-state index contributed by atoms with van der Waals surface area (Å²) in [7, 11) is 0. The molecule has 6 nitrogen and oxygen atoms in total. The van der Waals surface area contributed by atoms with Gasteiger partial charge in [-0.2, -0.15) is 0 Å². The van der Waals surface area contributed by atoms with Crippen molar-refractivity contribution < 1.29 is 4.79 Å². The minimum atomic E-state index is -0.229. The van der Waals surface area contributed by atoms with Gasteiger partial charge < -0.3 is 10.6 Å². The summed E-state index contributed by atoms with van der Waals surface area (Å²) in [5.41, 5.74) is 2.27. The van der Waals surface area contributed by atoms with E-state index in [-0.39, 0.29) is 11.9 Å². The third-order valence-corrected chi connectivity index (χ3v) is 3.89. The summed E-state index contributed by atoms with van der Waals surface area (Å²) in [6.45, 7) is 4.24. The maximum atomic E-state index is 12.6. The number of nitrogens with zero attached hydrogens (tertiary/aromatic N) is 3. The molecule has 2 N–H and O–H groups in total. The number of nitrogens with one attached hydrogen (secondary N) is 2. The van der Waals surface area contributed by atoms with Gasteiger partial charge >= 0.3 is 0 Å². The molecule has 0 aliphatic heterocycles. The van der Waals surface area contributed by atoms with Gasteiger partial charge in [0.15, 0.2) is 0 Å². The maximum absolute atomic E-state index is 12.6. The summed E-state index contributed by atoms with van der Waals surface area (Å²) in [5, 5.41) is 6.16. The number of hydrogen-bond acceptors (Lipinski definition) is 5. The second-order valence-corrected chi connectivity index (χ2v) is 5.97. The molecule has 1 unspecified atom stereocenters. The van der Waals surface area contributed by atoms with Crippen LogP contribution in [0, 0.1) is 6.92 Å². The van der Waals surface area contributed by atoms with E-state index < -0.39 is 0 Å². The van der Waals surface area contributed by atoms with Gasteiger partial charge in [-0.15, -0.1) is 0 Å². The van der Waals surface area contributed by atoms with Crippen LogP contribution >= 0.6 is 0 Å². The van der Waals surface area contributed by atoms with Gasteiger partial charge in [-0.3, -0.25) is 9.78 Å². The Hall–Kier alpha value is -3.28. The molecule has 0 spiro atoms. The monoisotopic (exact) mass is 347 g/mol. The molecular formula is C20H21N5O. The van der Waals surface area contributed by atoms with Crippen molar-refractivity contribution in [3.05, 3.63) is 83.6 Å². The lowest BCUT2D eigenvalue weighted by atomic mass is 10.1. The van der Waals surface area contributed by atoms with E-state index in [1.54, 1.807) is 19.2 Å². The Kier molecular flexibility index (Phi) is 5.53. The molecule has 0 fully saturated rings. The molecule has 0 bridgehead atoms. The molecule has 6 heteroatoms. The van der Waals surface area contributed by atoms with E-state index in [4.69, 9.17) is 0 Å². The van der Waals surface area contributed by atoms with E-state index in [2.05, 4.69) is 25.6 Å². The van der Waals surface area contributed by atoms with Crippen molar-refractivity contribution in [2.45, 2.75) is 26.4 Å². The fourth-order valence-electron chi connectivity index (χ4n) is 2.55. The largest absolute Gasteiger partial charge is 0.364 e. The van der Waals surface area contributed by atoms with E-state index in [9.17, 15) is 4.79 Å². The number of amides is 1. The SMILES string of the molecule is Cc1nc(NCc2ccccn2)cc(C(=O)NC(C)c2ccccc2)n1. The molecule has 26 heavy (non-hydrogen) atoms. The predicted octanol–water partition coefficient (Wildman–Crippen LogP) is 3.28. The topological polar surface area (TPSA) is 79.8 Å². The zero-order valence-electron chi connectivity index (χ0n) is 14.8. The number of hydrogen-bond donors (Lipinski definition) is 2. The number of carbonyl (C=O) groups excluding carboxylic acids is 1. The summed E-state index contributed by atoms with van der Waals surface area (Å²) in [6, 6.07) is 17.1. The predicted molar refractivity (Wildman–Crippen MR) is 101 cm³/mol. The molecule has 1 amide bonds. The Labute approximate surface area is 152 Å². The van der Waals surface area contributed by atoms with Crippen molar-refractivity contribution in [3.8, 4) is 0 Å². The number of aryl methyl sites for hydroxylation is 1. The molecular weight excluding hydrogens is 326 g/mol. The average Bonchev–Trinajstić information content (AvgIpc) is 2.67. The number of rotatable bonds is 6. The Balaban J connectivity index is 1.69. The van der Waals surface area contributed by atoms with Crippen LogP contribution in [-0.4, -0.2) is 20.9 Å². The summed E-state index contributed by atoms with van der Waals surface area (Å²) >= 11 is 0. The van der Waals surface area contributed by atoms with Gasteiger partial charge in [0.2, 0.25) is 0 Å². The quantitative estimate of drug-likeness (QED) is 0.715. The smallest absolute Gasteiger partial charge is 0.270 e. The highest BCUT2D eigenvalue weighted by molar-refractivity contribution is 5.93. The summed E-state index contributed by atoms with van der Waals surface area (Å²) in [5.74, 6) is 0.905. The number of anilines is 1. The van der Waals surface area contributed by atoms with Gasteiger partial charge in [-0.1, -0.05) is 36.4 Å². The fourth-order valence-corrected chi connectivity index (χ4v) is 2.55. The highest BCUT2D eigenvalue weighted by Crippen LogP contribution is 2.13. The zero-order valence-corrected chi connectivity index (χ0v) is 14.8. The first kappa shape index (κ1) is 17.5. The molecule has 132 valence electrons. The first-order chi connectivity index (χ1) is 12.6. The van der Waals surface area contributed by atoms with Crippen LogP contribution in [-0.2, 0) is 6.54 Å². The van der Waals surface area contributed by atoms with Crippen LogP contribution in [0.3, 0.4) is 0 Å². The Morgan fingerprint density at radius 3 is 2.58 bits per heavy atom. The summed E-state index contributed by atoms with van der Waals surface area (Å²) < 4.78 is 0. The molecule has 2 heterocycles. The van der Waals surface area contributed by atoms with Crippen molar-refractivity contribution in [2.24, 2.45) is 0 Å². The van der Waals surface area contributed by atoms with Crippen LogP contribution in [0.1, 0.15) is 40.5 Å². The Morgan fingerprint density at radius 2 is 1.85 bits per heavy atom.